The summed E-state index contributed by atoms with van der Waals surface area (Å²) in [6.45, 7) is 2.10. The molecule has 0 unspecified atom stereocenters. The highest BCUT2D eigenvalue weighted by atomic mass is 32.1. The van der Waals surface area contributed by atoms with Gasteiger partial charge in [0.2, 0.25) is 0 Å². The summed E-state index contributed by atoms with van der Waals surface area (Å²) in [4.78, 5) is 31.8. The molecule has 9 heteroatoms. The van der Waals surface area contributed by atoms with Crippen molar-refractivity contribution in [1.29, 1.82) is 0 Å². The van der Waals surface area contributed by atoms with E-state index in [-0.39, 0.29) is 11.7 Å². The lowest BCUT2D eigenvalue weighted by atomic mass is 10.1. The second kappa shape index (κ2) is 7.86. The Labute approximate surface area is 185 Å². The maximum absolute atomic E-state index is 12.0. The van der Waals surface area contributed by atoms with E-state index in [4.69, 9.17) is 4.74 Å². The van der Waals surface area contributed by atoms with Gasteiger partial charge in [-0.15, -0.1) is 0 Å². The standard InChI is InChI=1S/C23H16N4O4S/c1-2-31-22(28)14-4-7-19-21(11-14)32-23(26-19)24-16-5-3-13-9-15-10-17(27(29)30)6-8-18(15)25-20(13)12-16/h3-12H,2H2,1H3,(H,24,26). The van der Waals surface area contributed by atoms with E-state index < -0.39 is 4.92 Å². The second-order valence-electron chi connectivity index (χ2n) is 7.08. The molecule has 0 atom stereocenters. The minimum Gasteiger partial charge on any atom is -0.462 e. The molecule has 0 bridgehead atoms. The van der Waals surface area contributed by atoms with Crippen molar-refractivity contribution < 1.29 is 14.5 Å². The fourth-order valence-corrected chi connectivity index (χ4v) is 4.38. The zero-order chi connectivity index (χ0) is 22.2. The molecule has 0 saturated heterocycles. The number of nitrogens with zero attached hydrogens (tertiary/aromatic N) is 3. The van der Waals surface area contributed by atoms with Crippen LogP contribution in [0.15, 0.2) is 60.7 Å². The van der Waals surface area contributed by atoms with Crippen LogP contribution in [0.1, 0.15) is 17.3 Å². The van der Waals surface area contributed by atoms with Gasteiger partial charge in [-0.25, -0.2) is 14.8 Å². The SMILES string of the molecule is CCOC(=O)c1ccc2nc(Nc3ccc4cc5cc([N+](=O)[O-])ccc5nc4c3)sc2c1. The van der Waals surface area contributed by atoms with E-state index in [1.807, 2.05) is 24.3 Å². The molecule has 0 aliphatic heterocycles. The van der Waals surface area contributed by atoms with Gasteiger partial charge < -0.3 is 10.1 Å². The van der Waals surface area contributed by atoms with Gasteiger partial charge in [0.25, 0.3) is 5.69 Å². The molecule has 2 aromatic heterocycles. The summed E-state index contributed by atoms with van der Waals surface area (Å²) in [6, 6.07) is 17.5. The Morgan fingerprint density at radius 2 is 1.84 bits per heavy atom. The van der Waals surface area contributed by atoms with Crippen molar-refractivity contribution in [2.75, 3.05) is 11.9 Å². The first kappa shape index (κ1) is 19.8. The van der Waals surface area contributed by atoms with E-state index in [0.717, 1.165) is 32.2 Å². The number of hydrogen-bond donors (Lipinski definition) is 1. The van der Waals surface area contributed by atoms with Crippen LogP contribution in [0.2, 0.25) is 0 Å². The zero-order valence-electron chi connectivity index (χ0n) is 16.9. The minimum absolute atomic E-state index is 0.0406. The van der Waals surface area contributed by atoms with Crippen LogP contribution >= 0.6 is 11.3 Å². The maximum Gasteiger partial charge on any atom is 0.338 e. The van der Waals surface area contributed by atoms with Crippen LogP contribution in [0.4, 0.5) is 16.5 Å². The normalized spacial score (nSPS) is 11.2. The molecule has 0 fully saturated rings. The van der Waals surface area contributed by atoms with E-state index >= 15 is 0 Å². The molecule has 0 saturated carbocycles. The van der Waals surface area contributed by atoms with Gasteiger partial charge in [0, 0.05) is 28.6 Å². The van der Waals surface area contributed by atoms with Gasteiger partial charge in [0.1, 0.15) is 0 Å². The van der Waals surface area contributed by atoms with E-state index in [1.54, 1.807) is 31.2 Å². The molecule has 0 amide bonds. The number of pyridine rings is 1. The third-order valence-electron chi connectivity index (χ3n) is 4.96. The number of nitro groups is 1. The predicted molar refractivity (Wildman–Crippen MR) is 125 cm³/mol. The molecule has 0 radical (unpaired) electrons. The fourth-order valence-electron chi connectivity index (χ4n) is 3.45. The third kappa shape index (κ3) is 3.69. The monoisotopic (exact) mass is 444 g/mol. The number of ether oxygens (including phenoxy) is 1. The Hall–Kier alpha value is -4.11. The molecule has 1 N–H and O–H groups in total. The number of thiazole rings is 1. The summed E-state index contributed by atoms with van der Waals surface area (Å²) in [7, 11) is 0. The van der Waals surface area contributed by atoms with Gasteiger partial charge in [0.05, 0.1) is 38.3 Å². The van der Waals surface area contributed by atoms with Gasteiger partial charge in [0.15, 0.2) is 5.13 Å². The lowest BCUT2D eigenvalue weighted by Crippen LogP contribution is -2.03. The van der Waals surface area contributed by atoms with Crippen molar-refractivity contribution in [3.8, 4) is 0 Å². The van der Waals surface area contributed by atoms with Gasteiger partial charge >= 0.3 is 5.97 Å². The summed E-state index contributed by atoms with van der Waals surface area (Å²) >= 11 is 1.44. The molecule has 158 valence electrons. The number of benzene rings is 3. The first-order valence-electron chi connectivity index (χ1n) is 9.84. The molecule has 3 aromatic carbocycles. The highest BCUT2D eigenvalue weighted by Crippen LogP contribution is 2.31. The molecule has 5 aromatic rings. The van der Waals surface area contributed by atoms with Crippen LogP contribution in [0.5, 0.6) is 0 Å². The van der Waals surface area contributed by atoms with Crippen LogP contribution in [-0.4, -0.2) is 27.5 Å². The predicted octanol–water partition coefficient (Wildman–Crippen LogP) is 5.83. The number of aromatic nitrogens is 2. The molecule has 8 nitrogen and oxygen atoms in total. The second-order valence-corrected chi connectivity index (χ2v) is 8.11. The van der Waals surface area contributed by atoms with Crippen molar-refractivity contribution in [2.45, 2.75) is 6.92 Å². The van der Waals surface area contributed by atoms with Crippen LogP contribution in [0, 0.1) is 10.1 Å². The van der Waals surface area contributed by atoms with E-state index in [9.17, 15) is 14.9 Å². The molecule has 0 aliphatic rings. The quantitative estimate of drug-likeness (QED) is 0.157. The molecule has 32 heavy (non-hydrogen) atoms. The molecule has 0 aliphatic carbocycles. The molecule has 0 spiro atoms. The van der Waals surface area contributed by atoms with Crippen molar-refractivity contribution in [2.24, 2.45) is 0 Å². The van der Waals surface area contributed by atoms with Crippen molar-refractivity contribution in [3.05, 3.63) is 76.3 Å². The number of non-ortho nitro benzene ring substituents is 1. The van der Waals surface area contributed by atoms with E-state index in [2.05, 4.69) is 15.3 Å². The van der Waals surface area contributed by atoms with E-state index in [1.165, 1.54) is 23.5 Å². The van der Waals surface area contributed by atoms with Crippen LogP contribution < -0.4 is 5.32 Å². The summed E-state index contributed by atoms with van der Waals surface area (Å²) < 4.78 is 5.94. The van der Waals surface area contributed by atoms with Crippen molar-refractivity contribution in [3.63, 3.8) is 0 Å². The molecular weight excluding hydrogens is 428 g/mol. The number of nitro benzene ring substituents is 1. The molecular formula is C23H16N4O4S. The summed E-state index contributed by atoms with van der Waals surface area (Å²) in [5.74, 6) is -0.351. The van der Waals surface area contributed by atoms with Gasteiger partial charge in [-0.3, -0.25) is 10.1 Å². The largest absolute Gasteiger partial charge is 0.462 e. The zero-order valence-corrected chi connectivity index (χ0v) is 17.7. The average molecular weight is 444 g/mol. The van der Waals surface area contributed by atoms with Gasteiger partial charge in [-0.05, 0) is 49.4 Å². The number of hydrogen-bond acceptors (Lipinski definition) is 8. The Kier molecular flexibility index (Phi) is 4.87. The lowest BCUT2D eigenvalue weighted by molar-refractivity contribution is -0.384. The average Bonchev–Trinajstić information content (AvgIpc) is 3.18. The molecule has 2 heterocycles. The number of rotatable bonds is 5. The number of carbonyl (C=O) groups is 1. The Morgan fingerprint density at radius 1 is 1.00 bits per heavy atom. The van der Waals surface area contributed by atoms with Crippen molar-refractivity contribution >= 4 is 65.8 Å². The van der Waals surface area contributed by atoms with Crippen LogP contribution in [-0.2, 0) is 4.74 Å². The summed E-state index contributed by atoms with van der Waals surface area (Å²) in [5, 5.41) is 16.6. The van der Waals surface area contributed by atoms with Crippen LogP contribution in [0.25, 0.3) is 32.0 Å². The smallest absolute Gasteiger partial charge is 0.338 e. The third-order valence-corrected chi connectivity index (χ3v) is 5.89. The van der Waals surface area contributed by atoms with Gasteiger partial charge in [-0.1, -0.05) is 17.4 Å². The Bertz CT molecular complexity index is 1530. The Morgan fingerprint density at radius 3 is 2.66 bits per heavy atom. The van der Waals surface area contributed by atoms with Gasteiger partial charge in [-0.2, -0.15) is 0 Å². The van der Waals surface area contributed by atoms with Crippen LogP contribution in [0.3, 0.4) is 0 Å². The molecule has 5 rings (SSSR count). The fraction of sp³-hybridized carbons (Fsp3) is 0.0870. The highest BCUT2D eigenvalue weighted by Gasteiger charge is 2.12. The number of anilines is 2. The lowest BCUT2D eigenvalue weighted by Gasteiger charge is -2.06. The minimum atomic E-state index is -0.412. The maximum atomic E-state index is 12.0. The summed E-state index contributed by atoms with van der Waals surface area (Å²) in [6.07, 6.45) is 0. The topological polar surface area (TPSA) is 107 Å². The number of esters is 1. The number of carbonyl (C=O) groups excluding carboxylic acids is 1. The number of nitrogens with one attached hydrogen (secondary N) is 1. The number of fused-ring (bicyclic) bond motifs is 3. The van der Waals surface area contributed by atoms with Crippen molar-refractivity contribution in [1.82, 2.24) is 9.97 Å². The first-order valence-corrected chi connectivity index (χ1v) is 10.7. The van der Waals surface area contributed by atoms with E-state index in [0.29, 0.717) is 22.8 Å². The first-order chi connectivity index (χ1) is 15.5. The highest BCUT2D eigenvalue weighted by molar-refractivity contribution is 7.22. The Balaban J connectivity index is 1.46. The summed E-state index contributed by atoms with van der Waals surface area (Å²) in [5.41, 5.74) is 3.59.